The Morgan fingerprint density at radius 2 is 2.00 bits per heavy atom. The molecule has 2 aromatic heterocycles. The van der Waals surface area contributed by atoms with E-state index in [2.05, 4.69) is 20.4 Å². The fraction of sp³-hybridized carbons (Fsp3) is 0.318. The number of hydrogen-bond acceptors (Lipinski definition) is 8. The number of nitrogens with zero attached hydrogens (tertiary/aromatic N) is 5. The molecule has 1 atom stereocenters. The third kappa shape index (κ3) is 4.38. The quantitative estimate of drug-likeness (QED) is 0.575. The topological polar surface area (TPSA) is 127 Å². The van der Waals surface area contributed by atoms with Crippen molar-refractivity contribution in [2.75, 3.05) is 16.8 Å². The van der Waals surface area contributed by atoms with Crippen LogP contribution in [0.5, 0.6) is 0 Å². The first-order valence-electron chi connectivity index (χ1n) is 10.8. The number of hydrogen-bond donors (Lipinski definition) is 1. The van der Waals surface area contributed by atoms with Gasteiger partial charge in [-0.05, 0) is 6.42 Å². The minimum absolute atomic E-state index is 0.0237. The first-order valence-corrected chi connectivity index (χ1v) is 13.4. The van der Waals surface area contributed by atoms with Crippen LogP contribution in [0.4, 0.5) is 5.13 Å². The number of imidazole rings is 1. The van der Waals surface area contributed by atoms with E-state index in [1.165, 1.54) is 16.3 Å². The molecule has 0 spiro atoms. The zero-order valence-electron chi connectivity index (χ0n) is 18.3. The van der Waals surface area contributed by atoms with Gasteiger partial charge in [-0.1, -0.05) is 41.7 Å². The smallest absolute Gasteiger partial charge is 0.273 e. The average Bonchev–Trinajstić information content (AvgIpc) is 3.52. The van der Waals surface area contributed by atoms with Crippen LogP contribution < -0.4 is 5.32 Å². The molecule has 1 unspecified atom stereocenters. The Morgan fingerprint density at radius 3 is 2.68 bits per heavy atom. The largest absolute Gasteiger partial charge is 0.333 e. The second kappa shape index (κ2) is 8.76. The van der Waals surface area contributed by atoms with Gasteiger partial charge in [0.05, 0.1) is 28.1 Å². The van der Waals surface area contributed by atoms with Crippen LogP contribution in [0.1, 0.15) is 19.3 Å². The minimum Gasteiger partial charge on any atom is -0.333 e. The summed E-state index contributed by atoms with van der Waals surface area (Å²) < 4.78 is 25.6. The summed E-state index contributed by atoms with van der Waals surface area (Å²) in [5.41, 5.74) is 1.78. The number of thiazole rings is 1. The van der Waals surface area contributed by atoms with Crippen LogP contribution in [0.3, 0.4) is 0 Å². The van der Waals surface area contributed by atoms with Crippen LogP contribution >= 0.6 is 11.3 Å². The Balaban J connectivity index is 1.42. The van der Waals surface area contributed by atoms with Crippen LogP contribution in [0.2, 0.25) is 0 Å². The van der Waals surface area contributed by atoms with Gasteiger partial charge in [0.25, 0.3) is 5.91 Å². The zero-order valence-corrected chi connectivity index (χ0v) is 20.0. The van der Waals surface area contributed by atoms with E-state index in [1.54, 1.807) is 6.20 Å². The van der Waals surface area contributed by atoms with Crippen LogP contribution in [-0.4, -0.2) is 63.0 Å². The van der Waals surface area contributed by atoms with E-state index < -0.39 is 21.8 Å². The van der Waals surface area contributed by atoms with Crippen molar-refractivity contribution >= 4 is 43.8 Å². The van der Waals surface area contributed by atoms with Gasteiger partial charge in [0.15, 0.2) is 20.8 Å². The molecule has 5 rings (SSSR count). The number of carbonyl (C=O) groups is 2. The van der Waals surface area contributed by atoms with Gasteiger partial charge in [0.2, 0.25) is 5.91 Å². The highest BCUT2D eigenvalue weighted by atomic mass is 32.2. The van der Waals surface area contributed by atoms with Crippen LogP contribution in [0.15, 0.2) is 47.8 Å². The molecule has 2 amide bonds. The van der Waals surface area contributed by atoms with Gasteiger partial charge in [0, 0.05) is 37.8 Å². The molecule has 176 valence electrons. The molecule has 10 nitrogen and oxygen atoms in total. The standard InChI is InChI=1S/C22H22N6O4S2/c1-27-11-10-23-20(27)19-18(14-5-3-2-4-6-14)24-22(33-19)25-21(30)16-7-8-17(29)28(26-16)15-9-12-34(31,32)13-15/h2-6,10-11,15H,7-9,12-13H2,1H3,(H,24,25,30). The molecule has 12 heteroatoms. The molecule has 34 heavy (non-hydrogen) atoms. The molecule has 1 saturated heterocycles. The van der Waals surface area contributed by atoms with Crippen molar-refractivity contribution in [2.45, 2.75) is 25.3 Å². The van der Waals surface area contributed by atoms with Gasteiger partial charge in [-0.2, -0.15) is 5.10 Å². The monoisotopic (exact) mass is 498 g/mol. The summed E-state index contributed by atoms with van der Waals surface area (Å²) >= 11 is 1.30. The first-order chi connectivity index (χ1) is 16.3. The van der Waals surface area contributed by atoms with E-state index in [0.717, 1.165) is 16.3 Å². The summed E-state index contributed by atoms with van der Waals surface area (Å²) in [5.74, 6) is -0.104. The lowest BCUT2D eigenvalue weighted by Crippen LogP contribution is -2.42. The number of benzene rings is 1. The number of carbonyl (C=O) groups excluding carboxylic acids is 2. The lowest BCUT2D eigenvalue weighted by molar-refractivity contribution is -0.133. The molecule has 1 N–H and O–H groups in total. The van der Waals surface area contributed by atoms with Crippen LogP contribution in [0.25, 0.3) is 22.0 Å². The Morgan fingerprint density at radius 1 is 1.21 bits per heavy atom. The van der Waals surface area contributed by atoms with Gasteiger partial charge in [-0.3, -0.25) is 14.9 Å². The van der Waals surface area contributed by atoms with Crippen molar-refractivity contribution in [3.63, 3.8) is 0 Å². The highest BCUT2D eigenvalue weighted by Gasteiger charge is 2.37. The van der Waals surface area contributed by atoms with Crippen molar-refractivity contribution < 1.29 is 18.0 Å². The van der Waals surface area contributed by atoms with Crippen molar-refractivity contribution in [1.82, 2.24) is 19.5 Å². The fourth-order valence-electron chi connectivity index (χ4n) is 4.06. The molecule has 2 aliphatic rings. The van der Waals surface area contributed by atoms with E-state index in [1.807, 2.05) is 48.1 Å². The van der Waals surface area contributed by atoms with Crippen molar-refractivity contribution in [3.05, 3.63) is 42.7 Å². The molecule has 1 aromatic carbocycles. The SMILES string of the molecule is Cn1ccnc1-c1sc(NC(=O)C2=NN(C3CCS(=O)(=O)C3)C(=O)CC2)nc1-c1ccccc1. The normalized spacial score (nSPS) is 19.8. The predicted octanol–water partition coefficient (Wildman–Crippen LogP) is 2.31. The molecular formula is C22H22N6O4S2. The van der Waals surface area contributed by atoms with Gasteiger partial charge < -0.3 is 4.57 Å². The van der Waals surface area contributed by atoms with Crippen molar-refractivity contribution in [1.29, 1.82) is 0 Å². The second-order valence-electron chi connectivity index (χ2n) is 8.22. The summed E-state index contributed by atoms with van der Waals surface area (Å²) in [6.45, 7) is 0. The Labute approximate surface area is 200 Å². The van der Waals surface area contributed by atoms with E-state index in [9.17, 15) is 18.0 Å². The molecule has 4 heterocycles. The molecule has 0 saturated carbocycles. The van der Waals surface area contributed by atoms with Crippen molar-refractivity contribution in [2.24, 2.45) is 12.1 Å². The fourth-order valence-corrected chi connectivity index (χ4v) is 6.77. The predicted molar refractivity (Wildman–Crippen MR) is 129 cm³/mol. The number of nitrogens with one attached hydrogen (secondary N) is 1. The molecule has 1 fully saturated rings. The van der Waals surface area contributed by atoms with Gasteiger partial charge in [0.1, 0.15) is 5.71 Å². The minimum atomic E-state index is -3.19. The van der Waals surface area contributed by atoms with E-state index >= 15 is 0 Å². The van der Waals surface area contributed by atoms with Gasteiger partial charge in [-0.15, -0.1) is 0 Å². The van der Waals surface area contributed by atoms with E-state index in [4.69, 9.17) is 0 Å². The van der Waals surface area contributed by atoms with Crippen LogP contribution in [-0.2, 0) is 26.5 Å². The Hall–Kier alpha value is -3.38. The molecule has 0 radical (unpaired) electrons. The Kier molecular flexibility index (Phi) is 5.78. The Bertz CT molecular complexity index is 1390. The molecule has 2 aliphatic heterocycles. The zero-order chi connectivity index (χ0) is 23.9. The maximum atomic E-state index is 13.0. The summed E-state index contributed by atoms with van der Waals surface area (Å²) in [6.07, 6.45) is 4.16. The second-order valence-corrected chi connectivity index (χ2v) is 11.4. The molecular weight excluding hydrogens is 476 g/mol. The van der Waals surface area contributed by atoms with Crippen LogP contribution in [0, 0.1) is 0 Å². The average molecular weight is 499 g/mol. The van der Waals surface area contributed by atoms with Gasteiger partial charge >= 0.3 is 0 Å². The maximum absolute atomic E-state index is 13.0. The number of sulfone groups is 1. The molecule has 0 aliphatic carbocycles. The summed E-state index contributed by atoms with van der Waals surface area (Å²) in [7, 11) is -1.30. The lowest BCUT2D eigenvalue weighted by atomic mass is 10.1. The third-order valence-corrected chi connectivity index (χ3v) is 8.51. The lowest BCUT2D eigenvalue weighted by Gasteiger charge is -2.27. The first kappa shape index (κ1) is 22.4. The third-order valence-electron chi connectivity index (χ3n) is 5.80. The number of hydrazone groups is 1. The van der Waals surface area contributed by atoms with Gasteiger partial charge in [-0.25, -0.2) is 23.4 Å². The molecule has 3 aromatic rings. The number of anilines is 1. The number of amides is 2. The summed E-state index contributed by atoms with van der Waals surface area (Å²) in [6, 6.07) is 9.11. The number of rotatable bonds is 5. The number of aryl methyl sites for hydroxylation is 1. The number of aromatic nitrogens is 3. The highest BCUT2D eigenvalue weighted by Crippen LogP contribution is 2.38. The van der Waals surface area contributed by atoms with Crippen molar-refractivity contribution in [3.8, 4) is 22.0 Å². The maximum Gasteiger partial charge on any atom is 0.273 e. The highest BCUT2D eigenvalue weighted by molar-refractivity contribution is 7.91. The summed E-state index contributed by atoms with van der Waals surface area (Å²) in [4.78, 5) is 35.3. The van der Waals surface area contributed by atoms with E-state index in [0.29, 0.717) is 17.2 Å². The molecule has 0 bridgehead atoms. The van der Waals surface area contributed by atoms with E-state index in [-0.39, 0.29) is 36.0 Å². The summed E-state index contributed by atoms with van der Waals surface area (Å²) in [5, 5.41) is 8.62.